The minimum atomic E-state index is -0.865. The van der Waals surface area contributed by atoms with Gasteiger partial charge in [-0.25, -0.2) is 9.07 Å². The summed E-state index contributed by atoms with van der Waals surface area (Å²) in [5, 5.41) is 10.5. The smallest absolute Gasteiger partial charge is 0.275 e. The number of aromatic nitrogens is 2. The molecule has 10 heteroatoms. The number of nitrogens with zero attached hydrogens (tertiary/aromatic N) is 4. The van der Waals surface area contributed by atoms with Gasteiger partial charge in [-0.05, 0) is 50.4 Å². The molecule has 3 saturated heterocycles. The number of rotatable bonds is 4. The van der Waals surface area contributed by atoms with E-state index in [1.54, 1.807) is 6.07 Å². The van der Waals surface area contributed by atoms with Gasteiger partial charge in [-0.3, -0.25) is 24.6 Å². The third kappa shape index (κ3) is 4.49. The molecular weight excluding hydrogens is 427 g/mol. The highest BCUT2D eigenvalue weighted by Crippen LogP contribution is 2.26. The molecule has 33 heavy (non-hydrogen) atoms. The summed E-state index contributed by atoms with van der Waals surface area (Å²) in [4.78, 5) is 41.0. The third-order valence-electron chi connectivity index (χ3n) is 7.07. The minimum absolute atomic E-state index is 0.138. The van der Waals surface area contributed by atoms with Gasteiger partial charge in [-0.2, -0.15) is 5.10 Å². The average molecular weight is 457 g/mol. The van der Waals surface area contributed by atoms with Crippen molar-refractivity contribution in [3.8, 4) is 0 Å². The highest BCUT2D eigenvalue weighted by Gasteiger charge is 2.30. The molecule has 1 aromatic carbocycles. The fourth-order valence-corrected chi connectivity index (χ4v) is 5.15. The van der Waals surface area contributed by atoms with Crippen LogP contribution in [0.15, 0.2) is 23.1 Å². The maximum atomic E-state index is 15.1. The zero-order chi connectivity index (χ0) is 22.9. The summed E-state index contributed by atoms with van der Waals surface area (Å²) in [5.74, 6) is -0.642. The number of nitrogens with one attached hydrogen (secondary N) is 2. The van der Waals surface area contributed by atoms with Crippen molar-refractivity contribution >= 4 is 28.3 Å². The summed E-state index contributed by atoms with van der Waals surface area (Å²) >= 11 is 0. The van der Waals surface area contributed by atoms with Gasteiger partial charge in [0.05, 0.1) is 17.3 Å². The van der Waals surface area contributed by atoms with Crippen molar-refractivity contribution in [1.82, 2.24) is 25.3 Å². The Bertz CT molecular complexity index is 1120. The van der Waals surface area contributed by atoms with E-state index < -0.39 is 23.3 Å². The van der Waals surface area contributed by atoms with Crippen LogP contribution in [-0.2, 0) is 9.59 Å². The van der Waals surface area contributed by atoms with Crippen LogP contribution in [0.4, 0.5) is 10.1 Å². The summed E-state index contributed by atoms with van der Waals surface area (Å²) in [6.45, 7) is 6.51. The Hall–Kier alpha value is -2.85. The normalized spacial score (nSPS) is 23.2. The molecule has 1 unspecified atom stereocenters. The Morgan fingerprint density at radius 1 is 1.03 bits per heavy atom. The molecule has 2 aromatic rings. The zero-order valence-electron chi connectivity index (χ0n) is 18.6. The molecule has 9 nitrogen and oxygen atoms in total. The number of anilines is 1. The lowest BCUT2D eigenvalue weighted by atomic mass is 9.97. The Morgan fingerprint density at radius 2 is 1.79 bits per heavy atom. The van der Waals surface area contributed by atoms with Gasteiger partial charge in [0.2, 0.25) is 5.91 Å². The lowest BCUT2D eigenvalue weighted by molar-refractivity contribution is -0.136. The van der Waals surface area contributed by atoms with Crippen LogP contribution >= 0.6 is 0 Å². The number of piperazine rings is 1. The molecule has 1 aromatic heterocycles. The first-order chi connectivity index (χ1) is 16.0. The summed E-state index contributed by atoms with van der Waals surface area (Å²) < 4.78 is 16.2. The predicted molar refractivity (Wildman–Crippen MR) is 122 cm³/mol. The molecule has 2 N–H and O–H groups in total. The van der Waals surface area contributed by atoms with Gasteiger partial charge < -0.3 is 10.2 Å². The Balaban J connectivity index is 1.32. The number of piperidine rings is 2. The van der Waals surface area contributed by atoms with E-state index in [2.05, 4.69) is 20.6 Å². The van der Waals surface area contributed by atoms with Crippen LogP contribution in [0.2, 0.25) is 0 Å². The summed E-state index contributed by atoms with van der Waals surface area (Å²) in [6.07, 6.45) is 4.26. The molecule has 2 amide bonds. The van der Waals surface area contributed by atoms with E-state index in [0.29, 0.717) is 11.1 Å². The van der Waals surface area contributed by atoms with E-state index in [-0.39, 0.29) is 24.1 Å². The number of imide groups is 1. The molecule has 3 aliphatic rings. The maximum Gasteiger partial charge on any atom is 0.275 e. The number of fused-ring (bicyclic) bond motifs is 1. The molecule has 3 fully saturated rings. The molecule has 5 rings (SSSR count). The molecule has 4 heterocycles. The first-order valence-corrected chi connectivity index (χ1v) is 11.7. The molecule has 1 atom stereocenters. The topological polar surface area (TPSA) is 99.6 Å². The number of hydrogen-bond donors (Lipinski definition) is 2. The van der Waals surface area contributed by atoms with E-state index in [4.69, 9.17) is 0 Å². The van der Waals surface area contributed by atoms with Crippen molar-refractivity contribution in [2.75, 3.05) is 50.7 Å². The second-order valence-electron chi connectivity index (χ2n) is 9.23. The van der Waals surface area contributed by atoms with Crippen LogP contribution in [-0.4, -0.2) is 72.3 Å². The third-order valence-corrected chi connectivity index (χ3v) is 7.07. The van der Waals surface area contributed by atoms with Crippen LogP contribution < -0.4 is 21.1 Å². The highest BCUT2D eigenvalue weighted by atomic mass is 19.1. The van der Waals surface area contributed by atoms with E-state index in [0.717, 1.165) is 56.4 Å². The van der Waals surface area contributed by atoms with Crippen LogP contribution in [0.5, 0.6) is 0 Å². The minimum Gasteiger partial charge on any atom is -0.367 e. The monoisotopic (exact) mass is 456 g/mol. The van der Waals surface area contributed by atoms with Gasteiger partial charge in [0.25, 0.3) is 11.5 Å². The summed E-state index contributed by atoms with van der Waals surface area (Å²) in [5.41, 5.74) is -0.0526. The number of amides is 2. The first-order valence-electron chi connectivity index (χ1n) is 11.7. The van der Waals surface area contributed by atoms with Gasteiger partial charge in [0.15, 0.2) is 0 Å². The van der Waals surface area contributed by atoms with Gasteiger partial charge >= 0.3 is 0 Å². The Morgan fingerprint density at radius 3 is 2.52 bits per heavy atom. The largest absolute Gasteiger partial charge is 0.367 e. The second-order valence-corrected chi connectivity index (χ2v) is 9.23. The fraction of sp³-hybridized carbons (Fsp3) is 0.565. The number of carbonyl (C=O) groups excluding carboxylic acids is 2. The van der Waals surface area contributed by atoms with Crippen molar-refractivity contribution in [2.45, 2.75) is 31.7 Å². The van der Waals surface area contributed by atoms with E-state index >= 15 is 4.39 Å². The first kappa shape index (κ1) is 22.0. The molecule has 0 aliphatic carbocycles. The number of carbonyl (C=O) groups is 2. The molecular formula is C23H29FN6O3. The van der Waals surface area contributed by atoms with Crippen LogP contribution in [0.25, 0.3) is 10.8 Å². The SMILES string of the molecule is O=C1CCC(n2ncc3cc(N4CCN(CC5CCNCC5)CC4)c(F)cc3c2=O)C(=O)N1. The predicted octanol–water partition coefficient (Wildman–Crippen LogP) is 0.635. The van der Waals surface area contributed by atoms with E-state index in [1.807, 2.05) is 4.90 Å². The van der Waals surface area contributed by atoms with Crippen molar-refractivity contribution in [2.24, 2.45) is 5.92 Å². The molecule has 176 valence electrons. The van der Waals surface area contributed by atoms with E-state index in [1.165, 1.54) is 25.1 Å². The Kier molecular flexibility index (Phi) is 6.11. The number of halogens is 1. The van der Waals surface area contributed by atoms with Gasteiger partial charge in [0, 0.05) is 44.5 Å². The average Bonchev–Trinajstić information content (AvgIpc) is 2.81. The Labute approximate surface area is 190 Å². The van der Waals surface area contributed by atoms with Gasteiger partial charge in [-0.15, -0.1) is 0 Å². The zero-order valence-corrected chi connectivity index (χ0v) is 18.6. The lowest BCUT2D eigenvalue weighted by Gasteiger charge is -2.38. The van der Waals surface area contributed by atoms with Crippen molar-refractivity contribution < 1.29 is 14.0 Å². The molecule has 0 spiro atoms. The molecule has 0 saturated carbocycles. The van der Waals surface area contributed by atoms with Crippen molar-refractivity contribution in [1.29, 1.82) is 0 Å². The quantitative estimate of drug-likeness (QED) is 0.652. The highest BCUT2D eigenvalue weighted by molar-refractivity contribution is 5.99. The van der Waals surface area contributed by atoms with E-state index in [9.17, 15) is 14.4 Å². The summed E-state index contributed by atoms with van der Waals surface area (Å²) in [7, 11) is 0. The standard InChI is InChI=1S/C23H29FN6O3/c24-18-12-17-16(13-26-30(23(17)33)19-1-2-21(31)27-22(19)32)11-20(18)29-9-7-28(8-10-29)14-15-3-5-25-6-4-15/h11-13,15,19,25H,1-10,14H2,(H,27,31,32). The van der Waals surface area contributed by atoms with Crippen molar-refractivity contribution in [3.05, 3.63) is 34.5 Å². The molecule has 3 aliphatic heterocycles. The maximum absolute atomic E-state index is 15.1. The number of benzene rings is 1. The number of hydrogen-bond acceptors (Lipinski definition) is 7. The van der Waals surface area contributed by atoms with Crippen LogP contribution in [0.1, 0.15) is 31.7 Å². The fourth-order valence-electron chi connectivity index (χ4n) is 5.15. The van der Waals surface area contributed by atoms with Crippen LogP contribution in [0, 0.1) is 11.7 Å². The van der Waals surface area contributed by atoms with Gasteiger partial charge in [0.1, 0.15) is 11.9 Å². The molecule has 0 bridgehead atoms. The van der Waals surface area contributed by atoms with Crippen molar-refractivity contribution in [3.63, 3.8) is 0 Å². The molecule has 0 radical (unpaired) electrons. The summed E-state index contributed by atoms with van der Waals surface area (Å²) in [6, 6.07) is 2.06. The van der Waals surface area contributed by atoms with Gasteiger partial charge in [-0.1, -0.05) is 0 Å². The lowest BCUT2D eigenvalue weighted by Crippen LogP contribution is -2.49. The van der Waals surface area contributed by atoms with Crippen LogP contribution in [0.3, 0.4) is 0 Å². The second kappa shape index (κ2) is 9.18.